The lowest BCUT2D eigenvalue weighted by Crippen LogP contribution is -2.35. The van der Waals surface area contributed by atoms with Crippen LogP contribution in [0.3, 0.4) is 0 Å². The van der Waals surface area contributed by atoms with E-state index in [1.807, 2.05) is 0 Å². The molecule has 1 aromatic rings. The van der Waals surface area contributed by atoms with E-state index in [1.165, 1.54) is 24.8 Å². The van der Waals surface area contributed by atoms with Gasteiger partial charge in [-0.1, -0.05) is 58.0 Å². The lowest BCUT2D eigenvalue weighted by molar-refractivity contribution is 0.340. The van der Waals surface area contributed by atoms with Gasteiger partial charge < -0.3 is 0 Å². The van der Waals surface area contributed by atoms with Crippen LogP contribution in [0.2, 0.25) is 0 Å². The Morgan fingerprint density at radius 3 is 2.06 bits per heavy atom. The van der Waals surface area contributed by atoms with Gasteiger partial charge in [0.15, 0.2) is 0 Å². The molecule has 0 spiro atoms. The Labute approximate surface area is 108 Å². The Balaban J connectivity index is 2.06. The Hall–Kier alpha value is -0.350. The number of benzene rings is 1. The zero-order valence-electron chi connectivity index (χ0n) is 11.6. The molecule has 0 unspecified atom stereocenters. The van der Waals surface area contributed by atoms with Crippen molar-refractivity contribution in [1.82, 2.24) is 0 Å². The van der Waals surface area contributed by atoms with Gasteiger partial charge in [-0.05, 0) is 41.1 Å². The van der Waals surface area contributed by atoms with E-state index in [2.05, 4.69) is 58.0 Å². The average molecular weight is 248 g/mol. The van der Waals surface area contributed by atoms with E-state index >= 15 is 0 Å². The van der Waals surface area contributed by atoms with Crippen LogP contribution in [-0.2, 0) is 6.42 Å². The van der Waals surface area contributed by atoms with E-state index in [9.17, 15) is 0 Å². The lowest BCUT2D eigenvalue weighted by atomic mass is 9.83. The molecule has 1 heteroatoms. The molecule has 0 nitrogen and oxygen atoms in total. The number of hydrogen-bond donors (Lipinski definition) is 0. The van der Waals surface area contributed by atoms with Crippen LogP contribution >= 0.6 is 8.58 Å². The summed E-state index contributed by atoms with van der Waals surface area (Å²) in [6.45, 7) is 9.80. The molecule has 1 aliphatic rings. The molecule has 1 aromatic carbocycles. The van der Waals surface area contributed by atoms with E-state index < -0.39 is 0 Å². The molecule has 1 saturated heterocycles. The summed E-state index contributed by atoms with van der Waals surface area (Å²) in [6, 6.07) is 11.0. The van der Waals surface area contributed by atoms with Gasteiger partial charge in [0.25, 0.3) is 0 Å². The van der Waals surface area contributed by atoms with Crippen molar-refractivity contribution in [3.63, 3.8) is 0 Å². The molecule has 17 heavy (non-hydrogen) atoms. The predicted molar refractivity (Wildman–Crippen MR) is 79.3 cm³/mol. The molecule has 0 radical (unpaired) electrons. The molecular weight excluding hydrogens is 223 g/mol. The molecule has 1 heterocycles. The highest BCUT2D eigenvalue weighted by Gasteiger charge is 2.37. The summed E-state index contributed by atoms with van der Waals surface area (Å²) < 4.78 is 0. The van der Waals surface area contributed by atoms with Crippen LogP contribution in [0.25, 0.3) is 0 Å². The quantitative estimate of drug-likeness (QED) is 0.655. The maximum absolute atomic E-state index is 2.45. The predicted octanol–water partition coefficient (Wildman–Crippen LogP) is 4.87. The van der Waals surface area contributed by atoms with Crippen molar-refractivity contribution in [2.24, 2.45) is 5.92 Å². The molecule has 0 N–H and O–H groups in total. The first-order chi connectivity index (χ1) is 7.86. The first-order valence-electron chi connectivity index (χ1n) is 6.70. The number of rotatable bonds is 2. The topological polar surface area (TPSA) is 0 Å². The highest BCUT2D eigenvalue weighted by Crippen LogP contribution is 2.54. The molecule has 94 valence electrons. The molecular formula is C16H25P. The summed E-state index contributed by atoms with van der Waals surface area (Å²) >= 11 is 0. The van der Waals surface area contributed by atoms with Gasteiger partial charge in [0.05, 0.1) is 0 Å². The van der Waals surface area contributed by atoms with E-state index in [0.29, 0.717) is 10.3 Å². The van der Waals surface area contributed by atoms with Gasteiger partial charge in [0.1, 0.15) is 0 Å². The van der Waals surface area contributed by atoms with E-state index in [-0.39, 0.29) is 0 Å². The smallest absolute Gasteiger partial charge is 0.0171 e. The van der Waals surface area contributed by atoms with Crippen molar-refractivity contribution in [3.05, 3.63) is 35.9 Å². The van der Waals surface area contributed by atoms with Crippen molar-refractivity contribution in [2.75, 3.05) is 0 Å². The highest BCUT2D eigenvalue weighted by molar-refractivity contribution is 7.41. The van der Waals surface area contributed by atoms with Gasteiger partial charge in [-0.3, -0.25) is 0 Å². The third-order valence-corrected chi connectivity index (χ3v) is 5.40. The molecule has 0 aliphatic carbocycles. The van der Waals surface area contributed by atoms with E-state index in [0.717, 1.165) is 14.5 Å². The fourth-order valence-electron chi connectivity index (χ4n) is 3.63. The summed E-state index contributed by atoms with van der Waals surface area (Å²) in [6.07, 6.45) is 4.05. The minimum absolute atomic E-state index is 0.543. The molecule has 0 bridgehead atoms. The monoisotopic (exact) mass is 248 g/mol. The molecule has 0 aromatic heterocycles. The van der Waals surface area contributed by atoms with Crippen LogP contribution in [0.1, 0.15) is 46.1 Å². The fourth-order valence-corrected chi connectivity index (χ4v) is 6.24. The Kier molecular flexibility index (Phi) is 3.64. The first-order valence-corrected chi connectivity index (χ1v) is 7.70. The minimum atomic E-state index is 0.543. The maximum atomic E-state index is 2.45. The van der Waals surface area contributed by atoms with Crippen LogP contribution in [0.4, 0.5) is 0 Å². The summed E-state index contributed by atoms with van der Waals surface area (Å²) in [4.78, 5) is 0. The Bertz CT molecular complexity index is 348. The second-order valence-corrected chi connectivity index (χ2v) is 9.81. The molecule has 2 rings (SSSR count). The van der Waals surface area contributed by atoms with Crippen LogP contribution in [0.5, 0.6) is 0 Å². The van der Waals surface area contributed by atoms with Crippen LogP contribution in [-0.4, -0.2) is 10.3 Å². The van der Waals surface area contributed by atoms with Crippen molar-refractivity contribution < 1.29 is 0 Å². The van der Waals surface area contributed by atoms with Crippen molar-refractivity contribution in [2.45, 2.75) is 57.3 Å². The zero-order chi connectivity index (χ0) is 12.5. The summed E-state index contributed by atoms with van der Waals surface area (Å²) in [5.41, 5.74) is 1.51. The van der Waals surface area contributed by atoms with Gasteiger partial charge in [0.2, 0.25) is 0 Å². The molecule has 0 saturated carbocycles. The van der Waals surface area contributed by atoms with Crippen LogP contribution < -0.4 is 0 Å². The maximum Gasteiger partial charge on any atom is -0.0171 e. The van der Waals surface area contributed by atoms with Gasteiger partial charge in [-0.25, -0.2) is 0 Å². The van der Waals surface area contributed by atoms with Crippen molar-refractivity contribution in [1.29, 1.82) is 0 Å². The molecule has 1 fully saturated rings. The first kappa shape index (κ1) is 13.1. The number of hydrogen-bond acceptors (Lipinski definition) is 0. The van der Waals surface area contributed by atoms with Crippen molar-refractivity contribution in [3.8, 4) is 0 Å². The van der Waals surface area contributed by atoms with E-state index in [1.54, 1.807) is 0 Å². The SMILES string of the molecule is CC1(C)CC(Cc2ccccc2)CC(C)(C)P1. The van der Waals surface area contributed by atoms with E-state index in [4.69, 9.17) is 0 Å². The minimum Gasteiger partial charge on any atom is -0.110 e. The van der Waals surface area contributed by atoms with Crippen molar-refractivity contribution >= 4 is 8.58 Å². The largest absolute Gasteiger partial charge is 0.110 e. The zero-order valence-corrected chi connectivity index (χ0v) is 12.6. The third-order valence-electron chi connectivity index (χ3n) is 3.64. The van der Waals surface area contributed by atoms with Gasteiger partial charge in [-0.2, -0.15) is 0 Å². The third kappa shape index (κ3) is 3.81. The van der Waals surface area contributed by atoms with Gasteiger partial charge in [-0.15, -0.1) is 8.58 Å². The molecule has 1 aliphatic heterocycles. The average Bonchev–Trinajstić information content (AvgIpc) is 2.13. The normalized spacial score (nSPS) is 28.1. The molecule has 0 atom stereocenters. The second-order valence-electron chi connectivity index (χ2n) is 6.86. The summed E-state index contributed by atoms with van der Waals surface area (Å²) in [5, 5.41) is 1.09. The summed E-state index contributed by atoms with van der Waals surface area (Å²) in [7, 11) is 1.10. The highest BCUT2D eigenvalue weighted by atomic mass is 31.1. The second kappa shape index (κ2) is 4.73. The lowest BCUT2D eigenvalue weighted by Gasteiger charge is -2.45. The standard InChI is InChI=1S/C16H25P/c1-15(2)11-14(12-16(3,4)17-15)10-13-8-6-5-7-9-13/h5-9,14,17H,10-12H2,1-4H3. The van der Waals surface area contributed by atoms with Gasteiger partial charge in [0, 0.05) is 0 Å². The summed E-state index contributed by atoms with van der Waals surface area (Å²) in [5.74, 6) is 0.864. The Morgan fingerprint density at radius 1 is 1.00 bits per heavy atom. The molecule has 0 amide bonds. The van der Waals surface area contributed by atoms with Crippen LogP contribution in [0.15, 0.2) is 30.3 Å². The van der Waals surface area contributed by atoms with Crippen LogP contribution in [0, 0.1) is 5.92 Å². The Morgan fingerprint density at radius 2 is 1.53 bits per heavy atom. The van der Waals surface area contributed by atoms with Gasteiger partial charge >= 0.3 is 0 Å². The fraction of sp³-hybridized carbons (Fsp3) is 0.625.